The molecule has 4 heteroatoms. The van der Waals surface area contributed by atoms with Crippen LogP contribution in [0.15, 0.2) is 0 Å². The largest absolute Gasteiger partial charge is 0.481 e. The first-order chi connectivity index (χ1) is 6.82. The third kappa shape index (κ3) is 3.90. The van der Waals surface area contributed by atoms with Crippen molar-refractivity contribution < 1.29 is 14.7 Å². The second-order valence-corrected chi connectivity index (χ2v) is 5.09. The maximum Gasteiger partial charge on any atom is 0.303 e. The molecule has 2 atom stereocenters. The molecule has 0 bridgehead atoms. The van der Waals surface area contributed by atoms with E-state index in [1.165, 1.54) is 0 Å². The fourth-order valence-corrected chi connectivity index (χ4v) is 1.60. The van der Waals surface area contributed by atoms with Crippen LogP contribution in [0.2, 0.25) is 0 Å². The maximum absolute atomic E-state index is 11.6. The van der Waals surface area contributed by atoms with Crippen LogP contribution in [0.25, 0.3) is 0 Å². The van der Waals surface area contributed by atoms with E-state index >= 15 is 0 Å². The Labute approximate surface area is 90.0 Å². The monoisotopic (exact) mass is 213 g/mol. The predicted molar refractivity (Wildman–Crippen MR) is 56.4 cm³/mol. The molecule has 4 nitrogen and oxygen atoms in total. The van der Waals surface area contributed by atoms with Crippen molar-refractivity contribution in [2.24, 2.45) is 11.8 Å². The summed E-state index contributed by atoms with van der Waals surface area (Å²) in [5.74, 6) is -0.121. The van der Waals surface area contributed by atoms with Crippen molar-refractivity contribution in [3.05, 3.63) is 0 Å². The molecular formula is C11H19NO3. The lowest BCUT2D eigenvalue weighted by Gasteiger charge is -2.25. The fraction of sp³-hybridized carbons (Fsp3) is 0.818. The highest BCUT2D eigenvalue weighted by atomic mass is 16.4. The third-order valence-corrected chi connectivity index (χ3v) is 2.87. The molecule has 0 aromatic carbocycles. The molecule has 1 amide bonds. The first-order valence-corrected chi connectivity index (χ1v) is 5.35. The van der Waals surface area contributed by atoms with Crippen LogP contribution in [0.1, 0.15) is 40.0 Å². The summed E-state index contributed by atoms with van der Waals surface area (Å²) in [6.45, 7) is 5.77. The zero-order valence-corrected chi connectivity index (χ0v) is 9.54. The molecule has 1 aliphatic carbocycles. The van der Waals surface area contributed by atoms with Crippen molar-refractivity contribution in [1.82, 2.24) is 5.32 Å². The van der Waals surface area contributed by atoms with Crippen molar-refractivity contribution in [2.45, 2.75) is 45.6 Å². The van der Waals surface area contributed by atoms with Crippen LogP contribution in [-0.4, -0.2) is 22.5 Å². The molecule has 0 saturated heterocycles. The molecule has 0 aromatic rings. The lowest BCUT2D eigenvalue weighted by Crippen LogP contribution is -2.44. The minimum atomic E-state index is -0.822. The summed E-state index contributed by atoms with van der Waals surface area (Å²) in [5.41, 5.74) is -0.419. The van der Waals surface area contributed by atoms with Gasteiger partial charge < -0.3 is 10.4 Å². The molecule has 0 aliphatic heterocycles. The molecule has 1 rings (SSSR count). The van der Waals surface area contributed by atoms with E-state index in [0.29, 0.717) is 12.3 Å². The summed E-state index contributed by atoms with van der Waals surface area (Å²) in [4.78, 5) is 22.0. The lowest BCUT2D eigenvalue weighted by atomic mass is 9.98. The quantitative estimate of drug-likeness (QED) is 0.725. The van der Waals surface area contributed by atoms with E-state index in [-0.39, 0.29) is 18.2 Å². The van der Waals surface area contributed by atoms with Crippen LogP contribution in [-0.2, 0) is 9.59 Å². The average Bonchev–Trinajstić information content (AvgIpc) is 2.79. The Hall–Kier alpha value is -1.06. The van der Waals surface area contributed by atoms with E-state index in [1.54, 1.807) is 0 Å². The number of hydrogen-bond acceptors (Lipinski definition) is 2. The SMILES string of the molecule is C[C@H]1C[C@H]1C(=O)NC(C)(C)CCC(=O)O. The minimum absolute atomic E-state index is 0.0675. The van der Waals surface area contributed by atoms with Crippen LogP contribution in [0.5, 0.6) is 0 Å². The second-order valence-electron chi connectivity index (χ2n) is 5.09. The summed E-state index contributed by atoms with van der Waals surface area (Å²) in [6, 6.07) is 0. The van der Waals surface area contributed by atoms with Gasteiger partial charge in [-0.2, -0.15) is 0 Å². The van der Waals surface area contributed by atoms with Gasteiger partial charge in [-0.25, -0.2) is 0 Å². The molecule has 2 N–H and O–H groups in total. The van der Waals surface area contributed by atoms with E-state index in [9.17, 15) is 9.59 Å². The van der Waals surface area contributed by atoms with Gasteiger partial charge in [-0.1, -0.05) is 6.92 Å². The Bertz CT molecular complexity index is 273. The molecule has 1 aliphatic rings. The molecule has 1 saturated carbocycles. The van der Waals surface area contributed by atoms with Crippen LogP contribution in [0.4, 0.5) is 0 Å². The van der Waals surface area contributed by atoms with Gasteiger partial charge in [0.1, 0.15) is 0 Å². The Balaban J connectivity index is 2.34. The van der Waals surface area contributed by atoms with Crippen molar-refractivity contribution >= 4 is 11.9 Å². The van der Waals surface area contributed by atoms with Crippen molar-refractivity contribution in [3.8, 4) is 0 Å². The summed E-state index contributed by atoms with van der Waals surface area (Å²) in [5, 5.41) is 11.5. The summed E-state index contributed by atoms with van der Waals surface area (Å²) in [7, 11) is 0. The van der Waals surface area contributed by atoms with Gasteiger partial charge in [0.25, 0.3) is 0 Å². The zero-order chi connectivity index (χ0) is 11.6. The molecule has 0 unspecified atom stereocenters. The van der Waals surface area contributed by atoms with E-state index in [2.05, 4.69) is 12.2 Å². The number of carboxylic acid groups (broad SMARTS) is 1. The van der Waals surface area contributed by atoms with Crippen molar-refractivity contribution in [3.63, 3.8) is 0 Å². The molecule has 15 heavy (non-hydrogen) atoms. The number of carbonyl (C=O) groups is 2. The first-order valence-electron chi connectivity index (χ1n) is 5.35. The highest BCUT2D eigenvalue weighted by molar-refractivity contribution is 5.82. The summed E-state index contributed by atoms with van der Waals surface area (Å²) < 4.78 is 0. The molecule has 0 heterocycles. The van der Waals surface area contributed by atoms with Crippen LogP contribution in [0.3, 0.4) is 0 Å². The Morgan fingerprint density at radius 3 is 2.40 bits per heavy atom. The number of rotatable bonds is 5. The van der Waals surface area contributed by atoms with Gasteiger partial charge in [0.15, 0.2) is 0 Å². The topological polar surface area (TPSA) is 66.4 Å². The summed E-state index contributed by atoms with van der Waals surface area (Å²) >= 11 is 0. The van der Waals surface area contributed by atoms with Gasteiger partial charge in [0.2, 0.25) is 5.91 Å². The second kappa shape index (κ2) is 4.21. The molecule has 1 fully saturated rings. The highest BCUT2D eigenvalue weighted by Crippen LogP contribution is 2.38. The average molecular weight is 213 g/mol. The standard InChI is InChI=1S/C11H19NO3/c1-7-6-8(7)10(15)12-11(2,3)5-4-9(13)14/h7-8H,4-6H2,1-3H3,(H,12,15)(H,13,14)/t7-,8+/m0/s1. The van der Waals surface area contributed by atoms with Gasteiger partial charge >= 0.3 is 5.97 Å². The van der Waals surface area contributed by atoms with E-state index < -0.39 is 11.5 Å². The normalized spacial score (nSPS) is 24.7. The predicted octanol–water partition coefficient (Wildman–Crippen LogP) is 1.40. The number of hydrogen-bond donors (Lipinski definition) is 2. The number of amides is 1. The lowest BCUT2D eigenvalue weighted by molar-refractivity contribution is -0.138. The molecule has 0 aromatic heterocycles. The Morgan fingerprint density at radius 2 is 2.00 bits per heavy atom. The van der Waals surface area contributed by atoms with Gasteiger partial charge in [-0.15, -0.1) is 0 Å². The molecule has 0 spiro atoms. The van der Waals surface area contributed by atoms with E-state index in [4.69, 9.17) is 5.11 Å². The highest BCUT2D eigenvalue weighted by Gasteiger charge is 2.40. The minimum Gasteiger partial charge on any atom is -0.481 e. The number of carboxylic acids is 1. The maximum atomic E-state index is 11.6. The van der Waals surface area contributed by atoms with Gasteiger partial charge in [-0.3, -0.25) is 9.59 Å². The Kier molecular flexibility index (Phi) is 3.37. The van der Waals surface area contributed by atoms with Gasteiger partial charge in [-0.05, 0) is 32.6 Å². The molecule has 86 valence electrons. The van der Waals surface area contributed by atoms with Crippen molar-refractivity contribution in [1.29, 1.82) is 0 Å². The number of nitrogens with one attached hydrogen (secondary N) is 1. The van der Waals surface area contributed by atoms with Crippen molar-refractivity contribution in [2.75, 3.05) is 0 Å². The molecular weight excluding hydrogens is 194 g/mol. The van der Waals surface area contributed by atoms with Crippen LogP contribution < -0.4 is 5.32 Å². The van der Waals surface area contributed by atoms with Gasteiger partial charge in [0.05, 0.1) is 0 Å². The first kappa shape index (κ1) is 12.0. The molecule has 0 radical (unpaired) electrons. The number of carbonyl (C=O) groups excluding carboxylic acids is 1. The van der Waals surface area contributed by atoms with E-state index in [0.717, 1.165) is 6.42 Å². The van der Waals surface area contributed by atoms with Crippen LogP contribution in [0, 0.1) is 11.8 Å². The summed E-state index contributed by atoms with van der Waals surface area (Å²) in [6.07, 6.45) is 1.52. The fourth-order valence-electron chi connectivity index (χ4n) is 1.60. The van der Waals surface area contributed by atoms with Crippen LogP contribution >= 0.6 is 0 Å². The Morgan fingerprint density at radius 1 is 1.47 bits per heavy atom. The zero-order valence-electron chi connectivity index (χ0n) is 9.54. The smallest absolute Gasteiger partial charge is 0.303 e. The number of aliphatic carboxylic acids is 1. The van der Waals surface area contributed by atoms with E-state index in [1.807, 2.05) is 13.8 Å². The van der Waals surface area contributed by atoms with Gasteiger partial charge in [0, 0.05) is 17.9 Å². The third-order valence-electron chi connectivity index (χ3n) is 2.87.